The van der Waals surface area contributed by atoms with Crippen LogP contribution >= 0.6 is 0 Å². The molecule has 142 valence electrons. The van der Waals surface area contributed by atoms with Crippen LogP contribution in [-0.2, 0) is 16.5 Å². The normalized spacial score (nSPS) is 14.7. The van der Waals surface area contributed by atoms with Gasteiger partial charge in [-0.3, -0.25) is 4.21 Å². The number of hydrogen-bond donors (Lipinski definition) is 1. The van der Waals surface area contributed by atoms with Gasteiger partial charge in [0.1, 0.15) is 0 Å². The summed E-state index contributed by atoms with van der Waals surface area (Å²) < 4.78 is 105. The van der Waals surface area contributed by atoms with Gasteiger partial charge in [0.05, 0.1) is 16.4 Å². The first-order valence-corrected chi connectivity index (χ1v) is 7.89. The molecule has 0 saturated heterocycles. The van der Waals surface area contributed by atoms with E-state index in [1.807, 2.05) is 0 Å². The standard InChI is InChI=1S/C14H13F7O3S/c1-6(2)25(24)10-7(3)8(11(22)23)4-5-9(10)12(15,13(16,17)18)14(19,20)21/h4-6H,1-3H3,(H,22,23). The molecule has 0 aliphatic heterocycles. The highest BCUT2D eigenvalue weighted by Gasteiger charge is 2.74. The van der Waals surface area contributed by atoms with Crippen molar-refractivity contribution in [1.82, 2.24) is 0 Å². The van der Waals surface area contributed by atoms with Gasteiger partial charge in [-0.25, -0.2) is 9.18 Å². The zero-order valence-corrected chi connectivity index (χ0v) is 13.9. The van der Waals surface area contributed by atoms with Gasteiger partial charge in [-0.2, -0.15) is 26.3 Å². The van der Waals surface area contributed by atoms with Crippen LogP contribution in [0.15, 0.2) is 17.0 Å². The summed E-state index contributed by atoms with van der Waals surface area (Å²) in [6, 6.07) is 0.507. The molecular formula is C14H13F7O3S. The Morgan fingerprint density at radius 2 is 1.48 bits per heavy atom. The molecule has 0 saturated carbocycles. The quantitative estimate of drug-likeness (QED) is 0.766. The summed E-state index contributed by atoms with van der Waals surface area (Å²) >= 11 is 0. The van der Waals surface area contributed by atoms with Crippen LogP contribution in [-0.4, -0.2) is 32.9 Å². The first-order valence-electron chi connectivity index (χ1n) is 6.67. The highest BCUT2D eigenvalue weighted by molar-refractivity contribution is 7.85. The molecular weight excluding hydrogens is 381 g/mol. The average Bonchev–Trinajstić information content (AvgIpc) is 2.42. The number of carboxylic acids is 1. The van der Waals surface area contributed by atoms with Crippen molar-refractivity contribution in [2.45, 2.75) is 48.9 Å². The molecule has 25 heavy (non-hydrogen) atoms. The van der Waals surface area contributed by atoms with Crippen molar-refractivity contribution in [2.75, 3.05) is 0 Å². The monoisotopic (exact) mass is 394 g/mol. The van der Waals surface area contributed by atoms with Crippen LogP contribution in [0.25, 0.3) is 0 Å². The second-order valence-corrected chi connectivity index (χ2v) is 7.37. The zero-order valence-electron chi connectivity index (χ0n) is 13.0. The largest absolute Gasteiger partial charge is 0.478 e. The van der Waals surface area contributed by atoms with Crippen LogP contribution in [0.4, 0.5) is 30.7 Å². The summed E-state index contributed by atoms with van der Waals surface area (Å²) in [6.07, 6.45) is -12.8. The van der Waals surface area contributed by atoms with Gasteiger partial charge >= 0.3 is 24.0 Å². The fourth-order valence-corrected chi connectivity index (χ4v) is 3.46. The minimum atomic E-state index is -6.39. The summed E-state index contributed by atoms with van der Waals surface area (Å²) in [5.74, 6) is -1.66. The van der Waals surface area contributed by atoms with E-state index in [0.717, 1.165) is 6.92 Å². The molecule has 1 aromatic carbocycles. The fraction of sp³-hybridized carbons (Fsp3) is 0.500. The number of halogens is 7. The van der Waals surface area contributed by atoms with Crippen molar-refractivity contribution in [1.29, 1.82) is 0 Å². The fourth-order valence-electron chi connectivity index (χ4n) is 2.16. The van der Waals surface area contributed by atoms with E-state index in [4.69, 9.17) is 5.11 Å². The number of rotatable bonds is 4. The van der Waals surface area contributed by atoms with E-state index in [0.29, 0.717) is 6.07 Å². The Bertz CT molecular complexity index is 694. The molecule has 0 heterocycles. The summed E-state index contributed by atoms with van der Waals surface area (Å²) in [5, 5.41) is 8.01. The summed E-state index contributed by atoms with van der Waals surface area (Å²) in [7, 11) is -2.50. The van der Waals surface area contributed by atoms with Gasteiger partial charge in [0, 0.05) is 15.7 Å². The van der Waals surface area contributed by atoms with E-state index in [-0.39, 0.29) is 6.07 Å². The van der Waals surface area contributed by atoms with Gasteiger partial charge in [-0.05, 0) is 18.6 Å². The molecule has 0 aliphatic carbocycles. The maximum Gasteiger partial charge on any atom is 0.435 e. The first kappa shape index (κ1) is 21.4. The second kappa shape index (κ2) is 6.58. The van der Waals surface area contributed by atoms with Crippen LogP contribution in [0.1, 0.15) is 35.3 Å². The minimum Gasteiger partial charge on any atom is -0.478 e. The molecule has 1 atom stereocenters. The first-order chi connectivity index (χ1) is 11.1. The molecule has 0 amide bonds. The molecule has 3 nitrogen and oxygen atoms in total. The van der Waals surface area contributed by atoms with Gasteiger partial charge < -0.3 is 5.11 Å². The van der Waals surface area contributed by atoms with Crippen LogP contribution < -0.4 is 0 Å². The lowest BCUT2D eigenvalue weighted by Gasteiger charge is -2.32. The number of alkyl halides is 7. The predicted molar refractivity (Wildman–Crippen MR) is 74.6 cm³/mol. The topological polar surface area (TPSA) is 54.4 Å². The predicted octanol–water partition coefficient (Wildman–Crippen LogP) is 4.50. The Labute approximate surface area is 140 Å². The Kier molecular flexibility index (Phi) is 5.63. The van der Waals surface area contributed by atoms with Crippen molar-refractivity contribution < 1.29 is 44.8 Å². The number of carboxylic acid groups (broad SMARTS) is 1. The molecule has 1 unspecified atom stereocenters. The van der Waals surface area contributed by atoms with Crippen LogP contribution in [0.2, 0.25) is 0 Å². The minimum absolute atomic E-state index is 0.0764. The average molecular weight is 394 g/mol. The molecule has 0 aliphatic rings. The molecule has 0 bridgehead atoms. The summed E-state index contributed by atoms with van der Waals surface area (Å²) in [5.41, 5.74) is -8.99. The van der Waals surface area contributed by atoms with Crippen molar-refractivity contribution in [2.24, 2.45) is 0 Å². The summed E-state index contributed by atoms with van der Waals surface area (Å²) in [4.78, 5) is 9.97. The van der Waals surface area contributed by atoms with Gasteiger partial charge in [0.15, 0.2) is 0 Å². The lowest BCUT2D eigenvalue weighted by atomic mass is 9.91. The van der Waals surface area contributed by atoms with Gasteiger partial charge in [-0.15, -0.1) is 0 Å². The lowest BCUT2D eigenvalue weighted by molar-refractivity contribution is -0.349. The van der Waals surface area contributed by atoms with Gasteiger partial charge in [0.25, 0.3) is 0 Å². The molecule has 0 fully saturated rings. The van der Waals surface area contributed by atoms with E-state index in [2.05, 4.69) is 0 Å². The SMILES string of the molecule is Cc1c(C(=O)O)ccc(C(F)(C(F)(F)F)C(F)(F)F)c1S(=O)C(C)C. The van der Waals surface area contributed by atoms with E-state index in [1.165, 1.54) is 13.8 Å². The molecule has 1 N–H and O–H groups in total. The van der Waals surface area contributed by atoms with E-state index >= 15 is 0 Å². The maximum atomic E-state index is 14.4. The highest BCUT2D eigenvalue weighted by atomic mass is 32.2. The number of aromatic carboxylic acids is 1. The summed E-state index contributed by atoms with van der Waals surface area (Å²) in [6.45, 7) is 3.34. The Morgan fingerprint density at radius 3 is 1.80 bits per heavy atom. The molecule has 1 aromatic rings. The molecule has 0 radical (unpaired) electrons. The number of carbonyl (C=O) groups is 1. The number of hydrogen-bond acceptors (Lipinski definition) is 2. The lowest BCUT2D eigenvalue weighted by Crippen LogP contribution is -2.51. The van der Waals surface area contributed by atoms with Crippen LogP contribution in [0.5, 0.6) is 0 Å². The third-order valence-corrected chi connectivity index (χ3v) is 5.20. The van der Waals surface area contributed by atoms with Crippen LogP contribution in [0, 0.1) is 6.92 Å². The Morgan fingerprint density at radius 1 is 1.04 bits per heavy atom. The Balaban J connectivity index is 4.01. The van der Waals surface area contributed by atoms with Crippen molar-refractivity contribution >= 4 is 16.8 Å². The smallest absolute Gasteiger partial charge is 0.435 e. The van der Waals surface area contributed by atoms with E-state index in [1.54, 1.807) is 0 Å². The molecule has 1 rings (SSSR count). The van der Waals surface area contributed by atoms with Gasteiger partial charge in [-0.1, -0.05) is 19.9 Å². The Hall–Kier alpha value is -1.65. The number of benzene rings is 1. The van der Waals surface area contributed by atoms with E-state index < -0.39 is 61.6 Å². The third kappa shape index (κ3) is 3.51. The maximum absolute atomic E-state index is 14.4. The third-order valence-electron chi connectivity index (χ3n) is 3.42. The second-order valence-electron chi connectivity index (χ2n) is 5.42. The van der Waals surface area contributed by atoms with Crippen LogP contribution in [0.3, 0.4) is 0 Å². The molecule has 0 spiro atoms. The molecule has 11 heteroatoms. The van der Waals surface area contributed by atoms with Crippen molar-refractivity contribution in [3.05, 3.63) is 28.8 Å². The zero-order chi connectivity index (χ0) is 20.0. The molecule has 0 aromatic heterocycles. The highest BCUT2D eigenvalue weighted by Crippen LogP contribution is 2.55. The van der Waals surface area contributed by atoms with Gasteiger partial charge in [0.2, 0.25) is 0 Å². The van der Waals surface area contributed by atoms with E-state index in [9.17, 15) is 39.7 Å². The van der Waals surface area contributed by atoms with Crippen molar-refractivity contribution in [3.8, 4) is 0 Å². The van der Waals surface area contributed by atoms with Crippen molar-refractivity contribution in [3.63, 3.8) is 0 Å².